The van der Waals surface area contributed by atoms with E-state index in [1.165, 1.54) is 32.3 Å². The number of halogens is 1. The van der Waals surface area contributed by atoms with Crippen molar-refractivity contribution in [3.8, 4) is 0 Å². The van der Waals surface area contributed by atoms with Gasteiger partial charge in [0.1, 0.15) is 5.82 Å². The topological polar surface area (TPSA) is 43.1 Å². The molecular weight excluding hydrogens is 229 g/mol. The molecule has 0 unspecified atom stereocenters. The number of unbranched alkanes of at least 4 members (excludes halogenated alkanes) is 2. The molecule has 0 aromatic heterocycles. The Morgan fingerprint density at radius 1 is 1.22 bits per heavy atom. The predicted octanol–water partition coefficient (Wildman–Crippen LogP) is 4.13. The first-order chi connectivity index (χ1) is 8.34. The molecule has 0 aliphatic rings. The molecule has 0 bridgehead atoms. The van der Waals surface area contributed by atoms with E-state index in [4.69, 9.17) is 0 Å². The molecule has 1 amide bonds. The third-order valence-corrected chi connectivity index (χ3v) is 2.02. The Labute approximate surface area is 110 Å². The molecule has 3 heteroatoms. The van der Waals surface area contributed by atoms with Gasteiger partial charge >= 0.3 is 0 Å². The van der Waals surface area contributed by atoms with E-state index in [-0.39, 0.29) is 11.7 Å². The molecule has 1 aromatic rings. The zero-order valence-electron chi connectivity index (χ0n) is 12.2. The van der Waals surface area contributed by atoms with Crippen LogP contribution < -0.4 is 5.73 Å². The minimum absolute atomic E-state index is 0.124. The zero-order valence-corrected chi connectivity index (χ0v) is 12.2. The summed E-state index contributed by atoms with van der Waals surface area (Å²) in [5.74, 6) is -0.458. The molecule has 0 saturated heterocycles. The number of benzene rings is 1. The Morgan fingerprint density at radius 2 is 1.67 bits per heavy atom. The van der Waals surface area contributed by atoms with Crippen LogP contribution >= 0.6 is 0 Å². The second kappa shape index (κ2) is 12.1. The van der Waals surface area contributed by atoms with Crippen LogP contribution in [0.3, 0.4) is 0 Å². The normalized spacial score (nSPS) is 8.56. The SMILES string of the molecule is CC(N)=O.CCCCC.Cc1ccc(F)c(C)c1. The van der Waals surface area contributed by atoms with Crippen LogP contribution in [0.15, 0.2) is 18.2 Å². The Hall–Kier alpha value is -1.38. The lowest BCUT2D eigenvalue weighted by Gasteiger charge is -1.95. The highest BCUT2D eigenvalue weighted by molar-refractivity contribution is 5.70. The molecule has 0 saturated carbocycles. The number of hydrogen-bond acceptors (Lipinski definition) is 1. The largest absolute Gasteiger partial charge is 0.370 e. The second-order valence-electron chi connectivity index (χ2n) is 4.22. The first-order valence-corrected chi connectivity index (χ1v) is 6.33. The van der Waals surface area contributed by atoms with Crippen molar-refractivity contribution in [3.63, 3.8) is 0 Å². The summed E-state index contributed by atoms with van der Waals surface area (Å²) in [5.41, 5.74) is 6.30. The summed E-state index contributed by atoms with van der Waals surface area (Å²) in [6.07, 6.45) is 4.08. The van der Waals surface area contributed by atoms with Gasteiger partial charge in [-0.25, -0.2) is 4.39 Å². The number of hydrogen-bond donors (Lipinski definition) is 1. The van der Waals surface area contributed by atoms with Crippen LogP contribution in [-0.4, -0.2) is 5.91 Å². The van der Waals surface area contributed by atoms with Crippen molar-refractivity contribution in [2.75, 3.05) is 0 Å². The van der Waals surface area contributed by atoms with E-state index < -0.39 is 0 Å². The number of carbonyl (C=O) groups is 1. The van der Waals surface area contributed by atoms with Crippen LogP contribution in [0.4, 0.5) is 4.39 Å². The Bertz CT molecular complexity index is 331. The van der Waals surface area contributed by atoms with Crippen LogP contribution in [-0.2, 0) is 4.79 Å². The van der Waals surface area contributed by atoms with Crippen molar-refractivity contribution in [2.24, 2.45) is 5.73 Å². The van der Waals surface area contributed by atoms with E-state index in [1.807, 2.05) is 13.0 Å². The van der Waals surface area contributed by atoms with E-state index in [0.29, 0.717) is 0 Å². The molecule has 0 atom stereocenters. The van der Waals surface area contributed by atoms with Crippen molar-refractivity contribution in [2.45, 2.75) is 53.9 Å². The monoisotopic (exact) mass is 255 g/mol. The van der Waals surface area contributed by atoms with Crippen molar-refractivity contribution in [1.82, 2.24) is 0 Å². The van der Waals surface area contributed by atoms with Gasteiger partial charge in [0.05, 0.1) is 0 Å². The summed E-state index contributed by atoms with van der Waals surface area (Å²) in [4.78, 5) is 9.22. The highest BCUT2D eigenvalue weighted by atomic mass is 19.1. The first kappa shape index (κ1) is 19.0. The molecule has 2 N–H and O–H groups in total. The van der Waals surface area contributed by atoms with Crippen LogP contribution in [0.5, 0.6) is 0 Å². The number of rotatable bonds is 2. The number of amides is 1. The van der Waals surface area contributed by atoms with E-state index in [0.717, 1.165) is 11.1 Å². The van der Waals surface area contributed by atoms with E-state index in [1.54, 1.807) is 13.0 Å². The number of primary amides is 1. The summed E-state index contributed by atoms with van der Waals surface area (Å²) < 4.78 is 12.5. The third-order valence-electron chi connectivity index (χ3n) is 2.02. The van der Waals surface area contributed by atoms with Gasteiger partial charge < -0.3 is 5.73 Å². The molecule has 1 rings (SSSR count). The fraction of sp³-hybridized carbons (Fsp3) is 0.533. The van der Waals surface area contributed by atoms with Gasteiger partial charge in [-0.3, -0.25) is 4.79 Å². The van der Waals surface area contributed by atoms with Crippen LogP contribution in [0, 0.1) is 19.7 Å². The molecule has 2 nitrogen and oxygen atoms in total. The minimum atomic E-state index is -0.333. The molecule has 0 aliphatic heterocycles. The van der Waals surface area contributed by atoms with Crippen molar-refractivity contribution in [3.05, 3.63) is 35.1 Å². The van der Waals surface area contributed by atoms with E-state index in [2.05, 4.69) is 19.6 Å². The molecule has 1 aromatic carbocycles. The van der Waals surface area contributed by atoms with Gasteiger partial charge in [0.25, 0.3) is 0 Å². The van der Waals surface area contributed by atoms with Gasteiger partial charge in [-0.15, -0.1) is 0 Å². The molecule has 18 heavy (non-hydrogen) atoms. The Balaban J connectivity index is 0. The average Bonchev–Trinajstić information content (AvgIpc) is 2.25. The first-order valence-electron chi connectivity index (χ1n) is 6.33. The van der Waals surface area contributed by atoms with Gasteiger partial charge in [-0.1, -0.05) is 50.8 Å². The van der Waals surface area contributed by atoms with Gasteiger partial charge in [0, 0.05) is 6.92 Å². The number of aryl methyl sites for hydroxylation is 2. The smallest absolute Gasteiger partial charge is 0.214 e. The molecule has 104 valence electrons. The fourth-order valence-corrected chi connectivity index (χ4v) is 1.15. The summed E-state index contributed by atoms with van der Waals surface area (Å²) in [6, 6.07) is 5.09. The molecule has 0 aliphatic carbocycles. The fourth-order valence-electron chi connectivity index (χ4n) is 1.15. The lowest BCUT2D eigenvalue weighted by molar-refractivity contribution is -0.115. The standard InChI is InChI=1S/C8H9F.C5H12.C2H5NO/c1-6-3-4-8(9)7(2)5-6;1-3-5-4-2;1-2(3)4/h3-5H,1-2H3;3-5H2,1-2H3;1H3,(H2,3,4). The van der Waals surface area contributed by atoms with Gasteiger partial charge in [-0.05, 0) is 25.5 Å². The molecular formula is C15H26FNO. The maximum atomic E-state index is 12.5. The van der Waals surface area contributed by atoms with Crippen molar-refractivity contribution in [1.29, 1.82) is 0 Å². The summed E-state index contributed by atoms with van der Waals surface area (Å²) in [6.45, 7) is 9.45. The van der Waals surface area contributed by atoms with Crippen molar-refractivity contribution < 1.29 is 9.18 Å². The average molecular weight is 255 g/mol. The van der Waals surface area contributed by atoms with Gasteiger partial charge in [0.15, 0.2) is 0 Å². The molecule has 0 heterocycles. The minimum Gasteiger partial charge on any atom is -0.370 e. The summed E-state index contributed by atoms with van der Waals surface area (Å²) in [7, 11) is 0. The van der Waals surface area contributed by atoms with E-state index >= 15 is 0 Å². The van der Waals surface area contributed by atoms with Crippen LogP contribution in [0.2, 0.25) is 0 Å². The quantitative estimate of drug-likeness (QED) is 0.848. The highest BCUT2D eigenvalue weighted by Crippen LogP contribution is 2.06. The lowest BCUT2D eigenvalue weighted by Crippen LogP contribution is -2.01. The van der Waals surface area contributed by atoms with Gasteiger partial charge in [-0.2, -0.15) is 0 Å². The van der Waals surface area contributed by atoms with Gasteiger partial charge in [0.2, 0.25) is 5.91 Å². The lowest BCUT2D eigenvalue weighted by atomic mass is 10.1. The maximum absolute atomic E-state index is 12.5. The molecule has 0 spiro atoms. The summed E-state index contributed by atoms with van der Waals surface area (Å²) >= 11 is 0. The third kappa shape index (κ3) is 14.6. The Morgan fingerprint density at radius 3 is 1.89 bits per heavy atom. The highest BCUT2D eigenvalue weighted by Gasteiger charge is 1.93. The molecule has 0 radical (unpaired) electrons. The van der Waals surface area contributed by atoms with Crippen LogP contribution in [0.1, 0.15) is 51.2 Å². The molecule has 0 fully saturated rings. The van der Waals surface area contributed by atoms with Crippen LogP contribution in [0.25, 0.3) is 0 Å². The van der Waals surface area contributed by atoms with Crippen molar-refractivity contribution >= 4 is 5.91 Å². The summed E-state index contributed by atoms with van der Waals surface area (Å²) in [5, 5.41) is 0. The predicted molar refractivity (Wildman–Crippen MR) is 75.9 cm³/mol. The number of nitrogens with two attached hydrogens (primary N) is 1. The number of carbonyl (C=O) groups excluding carboxylic acids is 1. The zero-order chi connectivity index (χ0) is 14.6. The second-order valence-corrected chi connectivity index (χ2v) is 4.22. The Kier molecular flexibility index (Phi) is 12.7. The maximum Gasteiger partial charge on any atom is 0.214 e. The van der Waals surface area contributed by atoms with E-state index in [9.17, 15) is 9.18 Å².